The van der Waals surface area contributed by atoms with E-state index in [0.29, 0.717) is 12.1 Å². The number of aliphatic imine (C=N–C) groups is 1. The number of hydrogen-bond donors (Lipinski definition) is 0. The van der Waals surface area contributed by atoms with Crippen LogP contribution in [-0.2, 0) is 20.5 Å². The van der Waals surface area contributed by atoms with Gasteiger partial charge in [-0.1, -0.05) is 18.2 Å². The Balaban J connectivity index is 2.08. The van der Waals surface area contributed by atoms with E-state index in [2.05, 4.69) is 4.99 Å². The van der Waals surface area contributed by atoms with Crippen LogP contribution in [0.1, 0.15) is 27.0 Å². The molecule has 33 heavy (non-hydrogen) atoms. The number of carbonyl (C=O) groups is 1. The molecule has 2 aromatic carbocycles. The zero-order valence-electron chi connectivity index (χ0n) is 16.5. The zero-order chi connectivity index (χ0) is 25.0. The van der Waals surface area contributed by atoms with E-state index < -0.39 is 45.6 Å². The lowest BCUT2D eigenvalue weighted by atomic mass is 9.92. The van der Waals surface area contributed by atoms with Crippen LogP contribution in [0.4, 0.5) is 36.4 Å². The number of aryl methyl sites for hydroxylation is 1. The van der Waals surface area contributed by atoms with Crippen LogP contribution in [0.5, 0.6) is 5.75 Å². The van der Waals surface area contributed by atoms with Gasteiger partial charge in [-0.3, -0.25) is 0 Å². The predicted octanol–water partition coefficient (Wildman–Crippen LogP) is 4.87. The topological polar surface area (TPSA) is 82.0 Å². The largest absolute Gasteiger partial charge is 0.435 e. The van der Waals surface area contributed by atoms with Gasteiger partial charge in [0.15, 0.2) is 5.75 Å². The van der Waals surface area contributed by atoms with Gasteiger partial charge in [-0.05, 0) is 30.7 Å². The minimum atomic E-state index is -6.28. The maximum Gasteiger partial charge on any atom is 0.435 e. The quantitative estimate of drug-likeness (QED) is 0.341. The number of carbonyl (C=O) groups excluding carboxylic acids is 1. The average Bonchev–Trinajstić information content (AvgIpc) is 2.96. The normalized spacial score (nSPS) is 16.0. The molecule has 6 nitrogen and oxygen atoms in total. The number of ether oxygens (including phenoxy) is 1. The highest BCUT2D eigenvalue weighted by atomic mass is 32.2. The van der Waals surface area contributed by atoms with Crippen molar-refractivity contribution in [2.75, 3.05) is 6.26 Å². The number of rotatable bonds is 4. The first-order valence-corrected chi connectivity index (χ1v) is 10.5. The summed E-state index contributed by atoms with van der Waals surface area (Å²) in [5.74, 6) is -1.83. The van der Waals surface area contributed by atoms with E-state index in [1.807, 2.05) is 0 Å². The van der Waals surface area contributed by atoms with Crippen LogP contribution >= 0.6 is 0 Å². The van der Waals surface area contributed by atoms with Crippen molar-refractivity contribution in [2.45, 2.75) is 24.9 Å². The highest BCUT2D eigenvalue weighted by Crippen LogP contribution is 2.53. The van der Waals surface area contributed by atoms with Crippen LogP contribution in [0.15, 0.2) is 41.4 Å². The fourth-order valence-electron chi connectivity index (χ4n) is 3.02. The SMILES string of the molecule is Cc1cc(C(F)(C(F)(F)F)C(F)(F)F)ccc1N=C1OC(=O)c2c(OS(C)(=O)=O)cccc21. The van der Waals surface area contributed by atoms with Gasteiger partial charge in [0.1, 0.15) is 5.56 Å². The molecule has 0 saturated heterocycles. The summed E-state index contributed by atoms with van der Waals surface area (Å²) in [6.07, 6.45) is -11.8. The summed E-state index contributed by atoms with van der Waals surface area (Å²) in [6, 6.07) is 5.08. The second-order valence-corrected chi connectivity index (χ2v) is 8.50. The van der Waals surface area contributed by atoms with Gasteiger partial charge in [0.25, 0.3) is 0 Å². The zero-order valence-corrected chi connectivity index (χ0v) is 17.3. The van der Waals surface area contributed by atoms with E-state index in [4.69, 9.17) is 8.92 Å². The number of esters is 1. The maximum atomic E-state index is 14.3. The Hall–Kier alpha value is -3.16. The lowest BCUT2D eigenvalue weighted by molar-refractivity contribution is -0.348. The molecule has 0 unspecified atom stereocenters. The van der Waals surface area contributed by atoms with Gasteiger partial charge < -0.3 is 8.92 Å². The molecule has 178 valence electrons. The van der Waals surface area contributed by atoms with Gasteiger partial charge in [0, 0.05) is 5.56 Å². The Morgan fingerprint density at radius 3 is 2.09 bits per heavy atom. The van der Waals surface area contributed by atoms with Crippen LogP contribution in [0.2, 0.25) is 0 Å². The minimum absolute atomic E-state index is 0.0324. The summed E-state index contributed by atoms with van der Waals surface area (Å²) in [5, 5.41) is 0. The first-order valence-electron chi connectivity index (χ1n) is 8.73. The number of cyclic esters (lactones) is 1. The van der Waals surface area contributed by atoms with E-state index in [9.17, 15) is 43.9 Å². The van der Waals surface area contributed by atoms with Crippen molar-refractivity contribution in [3.05, 3.63) is 58.7 Å². The fourth-order valence-corrected chi connectivity index (χ4v) is 3.49. The number of hydrogen-bond acceptors (Lipinski definition) is 6. The second kappa shape index (κ2) is 7.71. The Morgan fingerprint density at radius 2 is 1.58 bits per heavy atom. The molecule has 1 heterocycles. The third-order valence-corrected chi connectivity index (χ3v) is 4.97. The van der Waals surface area contributed by atoms with Gasteiger partial charge in [-0.25, -0.2) is 14.2 Å². The van der Waals surface area contributed by atoms with Crippen molar-refractivity contribution >= 4 is 27.7 Å². The molecule has 0 atom stereocenters. The molecule has 3 rings (SSSR count). The standard InChI is InChI=1S/C19H12F7NO5S/c1-9-8-10(17(20,18(21,22)23)19(24,25)26)6-7-12(9)27-15-11-4-3-5-13(32-33(2,29)30)14(11)16(28)31-15/h3-8H,1-2H3. The smallest absolute Gasteiger partial charge is 0.403 e. The molecule has 14 heteroatoms. The van der Waals surface area contributed by atoms with Crippen LogP contribution in [0, 0.1) is 6.92 Å². The van der Waals surface area contributed by atoms with E-state index in [0.717, 1.165) is 13.2 Å². The molecule has 2 aromatic rings. The van der Waals surface area contributed by atoms with Crippen LogP contribution in [-0.4, -0.2) is 38.9 Å². The van der Waals surface area contributed by atoms with E-state index in [-0.39, 0.29) is 34.2 Å². The Labute approximate surface area is 181 Å². The van der Waals surface area contributed by atoms with Gasteiger partial charge >= 0.3 is 34.1 Å². The van der Waals surface area contributed by atoms with Crippen LogP contribution in [0.3, 0.4) is 0 Å². The van der Waals surface area contributed by atoms with E-state index >= 15 is 0 Å². The first kappa shape index (κ1) is 24.5. The van der Waals surface area contributed by atoms with Gasteiger partial charge in [-0.15, -0.1) is 0 Å². The highest BCUT2D eigenvalue weighted by molar-refractivity contribution is 7.86. The van der Waals surface area contributed by atoms with Crippen LogP contribution in [0.25, 0.3) is 0 Å². The summed E-state index contributed by atoms with van der Waals surface area (Å²) >= 11 is 0. The van der Waals surface area contributed by atoms with Crippen molar-refractivity contribution in [1.82, 2.24) is 0 Å². The number of nitrogens with zero attached hydrogens (tertiary/aromatic N) is 1. The van der Waals surface area contributed by atoms with Crippen molar-refractivity contribution < 1.29 is 52.9 Å². The van der Waals surface area contributed by atoms with Crippen molar-refractivity contribution in [3.63, 3.8) is 0 Å². The predicted molar refractivity (Wildman–Crippen MR) is 99.6 cm³/mol. The Bertz CT molecular complexity index is 1250. The van der Waals surface area contributed by atoms with Crippen LogP contribution < -0.4 is 4.18 Å². The van der Waals surface area contributed by atoms with Crippen molar-refractivity contribution in [1.29, 1.82) is 0 Å². The maximum absolute atomic E-state index is 14.3. The lowest BCUT2D eigenvalue weighted by Gasteiger charge is -2.30. The molecular formula is C19H12F7NO5S. The molecule has 0 aromatic heterocycles. The third kappa shape index (κ3) is 4.38. The summed E-state index contributed by atoms with van der Waals surface area (Å²) in [7, 11) is -4.02. The Kier molecular flexibility index (Phi) is 5.72. The molecule has 0 amide bonds. The third-order valence-electron chi connectivity index (χ3n) is 4.49. The van der Waals surface area contributed by atoms with Gasteiger partial charge in [0.05, 0.1) is 17.5 Å². The van der Waals surface area contributed by atoms with Gasteiger partial charge in [0.2, 0.25) is 5.90 Å². The molecule has 0 fully saturated rings. The highest BCUT2D eigenvalue weighted by Gasteiger charge is 2.73. The molecule has 0 aliphatic carbocycles. The molecule has 1 aliphatic heterocycles. The molecule has 1 aliphatic rings. The van der Waals surface area contributed by atoms with Gasteiger partial charge in [-0.2, -0.15) is 34.8 Å². The average molecular weight is 499 g/mol. The molecular weight excluding hydrogens is 487 g/mol. The molecule has 0 radical (unpaired) electrons. The molecule has 0 saturated carbocycles. The summed E-state index contributed by atoms with van der Waals surface area (Å²) in [4.78, 5) is 16.1. The number of alkyl halides is 7. The first-order chi connectivity index (χ1) is 15.0. The minimum Gasteiger partial charge on any atom is -0.403 e. The second-order valence-electron chi connectivity index (χ2n) is 6.93. The van der Waals surface area contributed by atoms with E-state index in [1.54, 1.807) is 0 Å². The Morgan fingerprint density at radius 1 is 0.970 bits per heavy atom. The molecule has 0 spiro atoms. The number of halogens is 7. The fraction of sp³-hybridized carbons (Fsp3) is 0.263. The lowest BCUT2D eigenvalue weighted by Crippen LogP contribution is -2.50. The summed E-state index contributed by atoms with van der Waals surface area (Å²) in [6.45, 7) is 1.08. The summed E-state index contributed by atoms with van der Waals surface area (Å²) in [5.41, 5.74) is -8.15. The number of fused-ring (bicyclic) bond motifs is 1. The van der Waals surface area contributed by atoms with E-state index in [1.165, 1.54) is 18.2 Å². The monoisotopic (exact) mass is 499 g/mol. The molecule has 0 bridgehead atoms. The summed E-state index contributed by atoms with van der Waals surface area (Å²) < 4.78 is 125. The van der Waals surface area contributed by atoms with Crippen molar-refractivity contribution in [2.24, 2.45) is 4.99 Å². The van der Waals surface area contributed by atoms with Crippen molar-refractivity contribution in [3.8, 4) is 5.75 Å². The number of benzene rings is 2. The molecule has 0 N–H and O–H groups in total.